The van der Waals surface area contributed by atoms with Gasteiger partial charge >= 0.3 is 6.09 Å². The molecule has 4 unspecified atom stereocenters. The zero-order valence-corrected chi connectivity index (χ0v) is 25.7. The van der Waals surface area contributed by atoms with Crippen molar-refractivity contribution in [1.82, 2.24) is 15.2 Å². The van der Waals surface area contributed by atoms with Gasteiger partial charge in [-0.1, -0.05) is 11.6 Å². The molecule has 2 saturated heterocycles. The van der Waals surface area contributed by atoms with Gasteiger partial charge in [0.2, 0.25) is 0 Å². The SMILES string of the molecule is CC1CCC(C)N1.CC1CCC(C)N1C(=O)c1cc(Cl)cc(OCCN(C(=O)OC(C)(C)C)c2ccncc2)c1. The Morgan fingerprint density at radius 2 is 1.60 bits per heavy atom. The second-order valence-corrected chi connectivity index (χ2v) is 12.3. The summed E-state index contributed by atoms with van der Waals surface area (Å²) < 4.78 is 11.4. The fourth-order valence-electron chi connectivity index (χ4n) is 5.09. The smallest absolute Gasteiger partial charge is 0.414 e. The summed E-state index contributed by atoms with van der Waals surface area (Å²) in [6, 6.07) is 10.4. The molecule has 0 radical (unpaired) electrons. The number of hydrogen-bond acceptors (Lipinski definition) is 6. The molecule has 8 nitrogen and oxygen atoms in total. The third kappa shape index (κ3) is 9.37. The third-order valence-electron chi connectivity index (χ3n) is 7.08. The van der Waals surface area contributed by atoms with Crippen LogP contribution in [0.2, 0.25) is 5.02 Å². The molecule has 3 heterocycles. The minimum Gasteiger partial charge on any atom is -0.492 e. The number of amides is 2. The van der Waals surface area contributed by atoms with Crippen molar-refractivity contribution in [3.05, 3.63) is 53.3 Å². The highest BCUT2D eigenvalue weighted by molar-refractivity contribution is 6.31. The van der Waals surface area contributed by atoms with Crippen LogP contribution in [0.25, 0.3) is 0 Å². The highest BCUT2D eigenvalue weighted by Gasteiger charge is 2.32. The van der Waals surface area contributed by atoms with Gasteiger partial charge in [0.15, 0.2) is 0 Å². The molecule has 0 spiro atoms. The molecule has 2 fully saturated rings. The number of ether oxygens (including phenoxy) is 2. The molecule has 2 aliphatic rings. The van der Waals surface area contributed by atoms with Crippen LogP contribution in [0.3, 0.4) is 0 Å². The van der Waals surface area contributed by atoms with Crippen molar-refractivity contribution in [2.24, 2.45) is 0 Å². The molecule has 0 bridgehead atoms. The lowest BCUT2D eigenvalue weighted by molar-refractivity contribution is 0.0574. The largest absolute Gasteiger partial charge is 0.492 e. The Labute approximate surface area is 244 Å². The number of likely N-dealkylation sites (tertiary alicyclic amines) is 1. The van der Waals surface area contributed by atoms with Gasteiger partial charge in [-0.3, -0.25) is 14.7 Å². The van der Waals surface area contributed by atoms with Crippen LogP contribution in [0.4, 0.5) is 10.5 Å². The molecule has 1 N–H and O–H groups in total. The number of benzene rings is 1. The van der Waals surface area contributed by atoms with Gasteiger partial charge in [0.25, 0.3) is 5.91 Å². The average molecular weight is 573 g/mol. The summed E-state index contributed by atoms with van der Waals surface area (Å²) >= 11 is 6.29. The van der Waals surface area contributed by atoms with Gasteiger partial charge in [-0.15, -0.1) is 0 Å². The van der Waals surface area contributed by atoms with E-state index in [9.17, 15) is 9.59 Å². The molecule has 1 aromatic heterocycles. The molecule has 4 atom stereocenters. The van der Waals surface area contributed by atoms with E-state index in [0.717, 1.165) is 24.9 Å². The van der Waals surface area contributed by atoms with Crippen molar-refractivity contribution < 1.29 is 19.1 Å². The van der Waals surface area contributed by atoms with Crippen molar-refractivity contribution in [2.45, 2.75) is 104 Å². The highest BCUT2D eigenvalue weighted by atomic mass is 35.5. The van der Waals surface area contributed by atoms with Gasteiger partial charge in [0, 0.05) is 47.1 Å². The maximum absolute atomic E-state index is 13.1. The minimum absolute atomic E-state index is 0.0491. The lowest BCUT2D eigenvalue weighted by Gasteiger charge is -2.27. The van der Waals surface area contributed by atoms with E-state index in [1.165, 1.54) is 17.7 Å². The van der Waals surface area contributed by atoms with E-state index in [0.29, 0.717) is 22.0 Å². The van der Waals surface area contributed by atoms with Crippen molar-refractivity contribution in [2.75, 3.05) is 18.1 Å². The van der Waals surface area contributed by atoms with Gasteiger partial charge in [-0.05, 0) is 104 Å². The molecule has 40 heavy (non-hydrogen) atoms. The summed E-state index contributed by atoms with van der Waals surface area (Å²) in [4.78, 5) is 33.3. The maximum Gasteiger partial charge on any atom is 0.414 e. The van der Waals surface area contributed by atoms with E-state index in [2.05, 4.69) is 38.0 Å². The van der Waals surface area contributed by atoms with Crippen molar-refractivity contribution in [1.29, 1.82) is 0 Å². The first-order valence-electron chi connectivity index (χ1n) is 14.3. The van der Waals surface area contributed by atoms with Gasteiger partial charge in [-0.25, -0.2) is 4.79 Å². The van der Waals surface area contributed by atoms with Crippen LogP contribution < -0.4 is 15.0 Å². The Kier molecular flexibility index (Phi) is 11.2. The summed E-state index contributed by atoms with van der Waals surface area (Å²) in [6.45, 7) is 14.5. The monoisotopic (exact) mass is 572 g/mol. The summed E-state index contributed by atoms with van der Waals surface area (Å²) in [5.41, 5.74) is 0.521. The molecule has 9 heteroatoms. The number of carbonyl (C=O) groups is 2. The number of nitrogens with one attached hydrogen (secondary N) is 1. The lowest BCUT2D eigenvalue weighted by atomic mass is 10.1. The zero-order chi connectivity index (χ0) is 29.4. The second kappa shape index (κ2) is 14.2. The van der Waals surface area contributed by atoms with Crippen LogP contribution in [0.5, 0.6) is 5.75 Å². The molecule has 2 aliphatic heterocycles. The number of aromatic nitrogens is 1. The Bertz CT molecular complexity index is 1110. The number of pyridine rings is 1. The molecule has 0 saturated carbocycles. The fraction of sp³-hybridized carbons (Fsp3) is 0.581. The number of rotatable bonds is 6. The number of anilines is 1. The highest BCUT2D eigenvalue weighted by Crippen LogP contribution is 2.28. The topological polar surface area (TPSA) is 84.0 Å². The van der Waals surface area contributed by atoms with Crippen LogP contribution >= 0.6 is 11.6 Å². The number of nitrogens with zero attached hydrogens (tertiary/aromatic N) is 3. The summed E-state index contributed by atoms with van der Waals surface area (Å²) in [6.07, 6.45) is 7.46. The Morgan fingerprint density at radius 3 is 2.12 bits per heavy atom. The van der Waals surface area contributed by atoms with Gasteiger partial charge < -0.3 is 19.7 Å². The first kappa shape index (κ1) is 31.7. The van der Waals surface area contributed by atoms with Gasteiger partial charge in [0.05, 0.1) is 12.2 Å². The van der Waals surface area contributed by atoms with Gasteiger partial charge in [0.1, 0.15) is 18.0 Å². The van der Waals surface area contributed by atoms with Crippen LogP contribution in [0.15, 0.2) is 42.7 Å². The lowest BCUT2D eigenvalue weighted by Crippen LogP contribution is -2.39. The van der Waals surface area contributed by atoms with Crippen molar-refractivity contribution in [3.8, 4) is 5.75 Å². The number of hydrogen-bond donors (Lipinski definition) is 1. The average Bonchev–Trinajstić information content (AvgIpc) is 3.43. The van der Waals surface area contributed by atoms with E-state index in [1.807, 2.05) is 25.7 Å². The molecule has 4 rings (SSSR count). The third-order valence-corrected chi connectivity index (χ3v) is 7.30. The molecule has 1 aromatic carbocycles. The second-order valence-electron chi connectivity index (χ2n) is 11.9. The van der Waals surface area contributed by atoms with Crippen LogP contribution in [0.1, 0.15) is 84.5 Å². The van der Waals surface area contributed by atoms with Crippen LogP contribution in [0, 0.1) is 0 Å². The molecule has 0 aliphatic carbocycles. The van der Waals surface area contributed by atoms with Crippen molar-refractivity contribution in [3.63, 3.8) is 0 Å². The van der Waals surface area contributed by atoms with E-state index in [1.54, 1.807) is 42.7 Å². The zero-order valence-electron chi connectivity index (χ0n) is 24.9. The molecular weight excluding hydrogens is 528 g/mol. The Morgan fingerprint density at radius 1 is 1.00 bits per heavy atom. The first-order chi connectivity index (χ1) is 18.8. The van der Waals surface area contributed by atoms with Crippen LogP contribution in [-0.4, -0.2) is 64.8 Å². The Hall–Kier alpha value is -2.84. The summed E-state index contributed by atoms with van der Waals surface area (Å²) in [5.74, 6) is 0.427. The minimum atomic E-state index is -0.630. The molecule has 2 aromatic rings. The molecule has 2 amide bonds. The Balaban J connectivity index is 0.000000547. The van der Waals surface area contributed by atoms with Crippen LogP contribution in [-0.2, 0) is 4.74 Å². The maximum atomic E-state index is 13.1. The quantitative estimate of drug-likeness (QED) is 0.414. The normalized spacial score (nSPS) is 22.4. The first-order valence-corrected chi connectivity index (χ1v) is 14.6. The number of carbonyl (C=O) groups excluding carboxylic acids is 2. The van der Waals surface area contributed by atoms with Gasteiger partial charge in [-0.2, -0.15) is 0 Å². The molecule has 220 valence electrons. The van der Waals surface area contributed by atoms with E-state index in [-0.39, 0.29) is 31.1 Å². The van der Waals surface area contributed by atoms with E-state index in [4.69, 9.17) is 21.1 Å². The van der Waals surface area contributed by atoms with Crippen molar-refractivity contribution >= 4 is 29.3 Å². The molecular formula is C31H45ClN4O4. The summed E-state index contributed by atoms with van der Waals surface area (Å²) in [5, 5.41) is 3.84. The van der Waals surface area contributed by atoms with E-state index < -0.39 is 11.7 Å². The predicted molar refractivity (Wildman–Crippen MR) is 160 cm³/mol. The number of halogens is 1. The fourth-order valence-corrected chi connectivity index (χ4v) is 5.31. The predicted octanol–water partition coefficient (Wildman–Crippen LogP) is 6.72. The standard InChI is InChI=1S/C25H32ClN3O4.C6H13N/c1-17-6-7-18(2)29(17)23(30)19-14-20(26)16-22(15-19)32-13-12-28(21-8-10-27-11-9-21)24(31)33-25(3,4)5;1-5-3-4-6(2)7-5/h8-11,14-18H,6-7,12-13H2,1-5H3;5-7H,3-4H2,1-2H3. The van der Waals surface area contributed by atoms with E-state index >= 15 is 0 Å². The summed E-state index contributed by atoms with van der Waals surface area (Å²) in [7, 11) is 0.